The lowest BCUT2D eigenvalue weighted by atomic mass is 10.1. The molecule has 8 nitrogen and oxygen atoms in total. The smallest absolute Gasteiger partial charge is 0.261 e. The van der Waals surface area contributed by atoms with Crippen molar-refractivity contribution in [1.82, 2.24) is 5.32 Å². The number of carbonyl (C=O) groups excluding carboxylic acids is 1. The van der Waals surface area contributed by atoms with Crippen molar-refractivity contribution < 1.29 is 22.7 Å². The van der Waals surface area contributed by atoms with Gasteiger partial charge in [0, 0.05) is 11.4 Å². The van der Waals surface area contributed by atoms with E-state index in [1.165, 1.54) is 12.1 Å². The highest BCUT2D eigenvalue weighted by molar-refractivity contribution is 7.92. The largest absolute Gasteiger partial charge is 0.494 e. The lowest BCUT2D eigenvalue weighted by Crippen LogP contribution is -2.34. The maximum Gasteiger partial charge on any atom is 0.261 e. The molecule has 0 radical (unpaired) electrons. The highest BCUT2D eigenvalue weighted by atomic mass is 32.2. The Balaban J connectivity index is 1.60. The molecule has 0 aliphatic carbocycles. The summed E-state index contributed by atoms with van der Waals surface area (Å²) < 4.78 is 39.3. The minimum absolute atomic E-state index is 0.0252. The molecule has 0 bridgehead atoms. The van der Waals surface area contributed by atoms with Crippen LogP contribution in [0.25, 0.3) is 0 Å². The third-order valence-corrected chi connectivity index (χ3v) is 6.82. The van der Waals surface area contributed by atoms with Gasteiger partial charge in [0.25, 0.3) is 15.9 Å². The van der Waals surface area contributed by atoms with Crippen LogP contribution in [0.2, 0.25) is 0 Å². The summed E-state index contributed by atoms with van der Waals surface area (Å²) in [7, 11) is -3.79. The number of amides is 1. The maximum absolute atomic E-state index is 12.8. The predicted octanol–water partition coefficient (Wildman–Crippen LogP) is 5.58. The van der Waals surface area contributed by atoms with E-state index in [9.17, 15) is 13.2 Å². The average molecular weight is 542 g/mol. The maximum atomic E-state index is 12.8. The van der Waals surface area contributed by atoms with Crippen molar-refractivity contribution in [1.29, 1.82) is 0 Å². The molecular weight excluding hydrogens is 510 g/mol. The zero-order chi connectivity index (χ0) is 26.8. The van der Waals surface area contributed by atoms with Gasteiger partial charge in [-0.25, -0.2) is 8.42 Å². The van der Waals surface area contributed by atoms with Crippen LogP contribution in [-0.2, 0) is 10.0 Å². The second kappa shape index (κ2) is 13.1. The Hall–Kier alpha value is -3.63. The molecular formula is C27H31N3O5S2. The molecule has 196 valence electrons. The second-order valence-electron chi connectivity index (χ2n) is 8.21. The van der Waals surface area contributed by atoms with Crippen molar-refractivity contribution in [3.05, 3.63) is 78.4 Å². The van der Waals surface area contributed by atoms with Crippen LogP contribution in [0.1, 0.15) is 44.0 Å². The number of hydrogen-bond acceptors (Lipinski definition) is 6. The molecule has 0 aromatic heterocycles. The minimum atomic E-state index is -3.79. The fraction of sp³-hybridized carbons (Fsp3) is 0.259. The highest BCUT2D eigenvalue weighted by Crippen LogP contribution is 2.22. The lowest BCUT2D eigenvalue weighted by Gasteiger charge is -2.17. The first-order chi connectivity index (χ1) is 17.7. The summed E-state index contributed by atoms with van der Waals surface area (Å²) in [5.74, 6) is 0.736. The van der Waals surface area contributed by atoms with E-state index in [-0.39, 0.29) is 16.1 Å². The van der Waals surface area contributed by atoms with Gasteiger partial charge in [-0.05, 0) is 93.1 Å². The van der Waals surface area contributed by atoms with E-state index in [2.05, 4.69) is 22.3 Å². The van der Waals surface area contributed by atoms with Crippen molar-refractivity contribution >= 4 is 44.6 Å². The van der Waals surface area contributed by atoms with Gasteiger partial charge in [-0.3, -0.25) is 14.8 Å². The number of nitrogens with one attached hydrogen (secondary N) is 3. The number of ether oxygens (including phenoxy) is 2. The quantitative estimate of drug-likeness (QED) is 0.272. The SMILES string of the molecule is CCCC(C)Oc1ccccc1C(=O)NC(=S)Nc1ccc(S(=O)(=O)Nc2ccc(OCC)cc2)cc1. The number of rotatable bonds is 11. The van der Waals surface area contributed by atoms with E-state index in [0.29, 0.717) is 35.0 Å². The minimum Gasteiger partial charge on any atom is -0.494 e. The molecule has 0 heterocycles. The van der Waals surface area contributed by atoms with E-state index in [1.54, 1.807) is 54.6 Å². The molecule has 10 heteroatoms. The van der Waals surface area contributed by atoms with E-state index in [4.69, 9.17) is 21.7 Å². The average Bonchev–Trinajstić information content (AvgIpc) is 2.86. The van der Waals surface area contributed by atoms with Gasteiger partial charge in [-0.2, -0.15) is 0 Å². The summed E-state index contributed by atoms with van der Waals surface area (Å²) in [4.78, 5) is 12.9. The van der Waals surface area contributed by atoms with Crippen LogP contribution in [0, 0.1) is 0 Å². The van der Waals surface area contributed by atoms with Crippen LogP contribution in [0.5, 0.6) is 11.5 Å². The monoisotopic (exact) mass is 541 g/mol. The van der Waals surface area contributed by atoms with E-state index in [1.807, 2.05) is 19.9 Å². The molecule has 0 aliphatic heterocycles. The van der Waals surface area contributed by atoms with Crippen LogP contribution >= 0.6 is 12.2 Å². The van der Waals surface area contributed by atoms with Crippen molar-refractivity contribution in [2.75, 3.05) is 16.6 Å². The molecule has 37 heavy (non-hydrogen) atoms. The molecule has 3 rings (SSSR count). The van der Waals surface area contributed by atoms with Crippen LogP contribution in [0.4, 0.5) is 11.4 Å². The van der Waals surface area contributed by atoms with Crippen molar-refractivity contribution in [2.24, 2.45) is 0 Å². The Morgan fingerprint density at radius 2 is 1.59 bits per heavy atom. The van der Waals surface area contributed by atoms with Gasteiger partial charge in [-0.1, -0.05) is 25.5 Å². The number of para-hydroxylation sites is 1. The number of anilines is 2. The number of carbonyl (C=O) groups is 1. The first-order valence-corrected chi connectivity index (χ1v) is 13.8. The summed E-state index contributed by atoms with van der Waals surface area (Å²) in [6, 6.07) is 19.7. The number of thiocarbonyl (C=S) groups is 1. The van der Waals surface area contributed by atoms with E-state index < -0.39 is 15.9 Å². The number of hydrogen-bond donors (Lipinski definition) is 3. The third kappa shape index (κ3) is 8.19. The van der Waals surface area contributed by atoms with Crippen molar-refractivity contribution in [3.63, 3.8) is 0 Å². The molecule has 3 N–H and O–H groups in total. The fourth-order valence-electron chi connectivity index (χ4n) is 3.49. The second-order valence-corrected chi connectivity index (χ2v) is 10.3. The molecule has 1 amide bonds. The summed E-state index contributed by atoms with van der Waals surface area (Å²) in [5, 5.41) is 5.61. The zero-order valence-corrected chi connectivity index (χ0v) is 22.6. The van der Waals surface area contributed by atoms with Gasteiger partial charge in [0.1, 0.15) is 11.5 Å². The number of sulfonamides is 1. The van der Waals surface area contributed by atoms with Crippen molar-refractivity contribution in [3.8, 4) is 11.5 Å². The Morgan fingerprint density at radius 1 is 0.946 bits per heavy atom. The van der Waals surface area contributed by atoms with Crippen LogP contribution < -0.4 is 24.8 Å². The summed E-state index contributed by atoms with van der Waals surface area (Å²) in [6.45, 7) is 6.43. The fourth-order valence-corrected chi connectivity index (χ4v) is 4.76. The molecule has 1 unspecified atom stereocenters. The highest BCUT2D eigenvalue weighted by Gasteiger charge is 2.17. The van der Waals surface area contributed by atoms with Gasteiger partial charge < -0.3 is 14.8 Å². The lowest BCUT2D eigenvalue weighted by molar-refractivity contribution is 0.0970. The normalized spacial score (nSPS) is 11.8. The van der Waals surface area contributed by atoms with Gasteiger partial charge >= 0.3 is 0 Å². The summed E-state index contributed by atoms with van der Waals surface area (Å²) >= 11 is 5.28. The molecule has 0 saturated carbocycles. The molecule has 0 saturated heterocycles. The first-order valence-electron chi connectivity index (χ1n) is 12.0. The van der Waals surface area contributed by atoms with Gasteiger partial charge in [0.05, 0.1) is 23.2 Å². The van der Waals surface area contributed by atoms with Gasteiger partial charge in [0.15, 0.2) is 5.11 Å². The van der Waals surface area contributed by atoms with Crippen LogP contribution in [0.15, 0.2) is 77.7 Å². The molecule has 1 atom stereocenters. The third-order valence-electron chi connectivity index (χ3n) is 5.22. The summed E-state index contributed by atoms with van der Waals surface area (Å²) in [6.07, 6.45) is 1.82. The zero-order valence-electron chi connectivity index (χ0n) is 21.0. The number of benzene rings is 3. The first kappa shape index (κ1) is 27.9. The van der Waals surface area contributed by atoms with Gasteiger partial charge in [-0.15, -0.1) is 0 Å². The Bertz CT molecular complexity index is 1310. The molecule has 3 aromatic carbocycles. The predicted molar refractivity (Wildman–Crippen MR) is 150 cm³/mol. The van der Waals surface area contributed by atoms with Crippen LogP contribution in [-0.4, -0.2) is 32.1 Å². The molecule has 0 fully saturated rings. The van der Waals surface area contributed by atoms with E-state index >= 15 is 0 Å². The molecule has 0 aliphatic rings. The molecule has 3 aromatic rings. The Morgan fingerprint density at radius 3 is 2.24 bits per heavy atom. The van der Waals surface area contributed by atoms with Crippen LogP contribution in [0.3, 0.4) is 0 Å². The summed E-state index contributed by atoms with van der Waals surface area (Å²) in [5.41, 5.74) is 1.31. The Kier molecular flexibility index (Phi) is 9.87. The molecule has 0 spiro atoms. The standard InChI is InChI=1S/C27H31N3O5S2/c1-4-8-19(3)35-25-10-7-6-9-24(25)26(31)29-27(36)28-20-13-17-23(18-14-20)37(32,33)30-21-11-15-22(16-12-21)34-5-2/h6-7,9-19,30H,4-5,8H2,1-3H3,(H2,28,29,31,36). The van der Waals surface area contributed by atoms with E-state index in [0.717, 1.165) is 12.8 Å². The van der Waals surface area contributed by atoms with Crippen molar-refractivity contribution in [2.45, 2.75) is 44.6 Å². The topological polar surface area (TPSA) is 106 Å². The van der Waals surface area contributed by atoms with Gasteiger partial charge in [0.2, 0.25) is 0 Å². The Labute approximate surface area is 223 Å².